The Labute approximate surface area is 114 Å². The van der Waals surface area contributed by atoms with E-state index in [0.29, 0.717) is 19.5 Å². The van der Waals surface area contributed by atoms with Crippen LogP contribution in [-0.2, 0) is 14.3 Å². The van der Waals surface area contributed by atoms with Crippen LogP contribution in [0.4, 0.5) is 0 Å². The van der Waals surface area contributed by atoms with Crippen molar-refractivity contribution >= 4 is 11.9 Å². The van der Waals surface area contributed by atoms with Crippen molar-refractivity contribution in [2.45, 2.75) is 44.9 Å². The summed E-state index contributed by atoms with van der Waals surface area (Å²) >= 11 is 0. The Morgan fingerprint density at radius 1 is 1.21 bits per heavy atom. The van der Waals surface area contributed by atoms with E-state index < -0.39 is 0 Å². The fraction of sp³-hybridized carbons (Fsp3) is 0.857. The summed E-state index contributed by atoms with van der Waals surface area (Å²) in [7, 11) is 1.35. The molecule has 0 saturated heterocycles. The molecule has 1 aliphatic carbocycles. The van der Waals surface area contributed by atoms with Crippen LogP contribution in [-0.4, -0.2) is 48.7 Å². The summed E-state index contributed by atoms with van der Waals surface area (Å²) in [6.07, 6.45) is 6.12. The van der Waals surface area contributed by atoms with Gasteiger partial charge in [0.1, 0.15) is 0 Å². The smallest absolute Gasteiger partial charge is 0.307 e. The lowest BCUT2D eigenvalue weighted by molar-refractivity contribution is -0.142. The molecule has 1 rings (SSSR count). The minimum Gasteiger partial charge on any atom is -0.469 e. The first-order chi connectivity index (χ1) is 9.19. The van der Waals surface area contributed by atoms with Crippen LogP contribution >= 0.6 is 0 Å². The third kappa shape index (κ3) is 5.59. The Kier molecular flexibility index (Phi) is 7.48. The first-order valence-corrected chi connectivity index (χ1v) is 7.15. The van der Waals surface area contributed by atoms with Crippen molar-refractivity contribution in [2.24, 2.45) is 5.92 Å². The molecule has 0 atom stereocenters. The van der Waals surface area contributed by atoms with Crippen LogP contribution in [0.5, 0.6) is 0 Å². The Hall–Kier alpha value is -1.10. The van der Waals surface area contributed by atoms with Crippen molar-refractivity contribution in [3.05, 3.63) is 0 Å². The van der Waals surface area contributed by atoms with Gasteiger partial charge in [-0.15, -0.1) is 0 Å². The molecule has 0 aromatic carbocycles. The molecule has 5 heteroatoms. The maximum Gasteiger partial charge on any atom is 0.307 e. The van der Waals surface area contributed by atoms with Crippen LogP contribution in [0.2, 0.25) is 0 Å². The van der Waals surface area contributed by atoms with Crippen LogP contribution in [0.1, 0.15) is 44.9 Å². The van der Waals surface area contributed by atoms with Gasteiger partial charge < -0.3 is 14.7 Å². The van der Waals surface area contributed by atoms with Crippen molar-refractivity contribution < 1.29 is 19.4 Å². The summed E-state index contributed by atoms with van der Waals surface area (Å²) in [4.78, 5) is 25.3. The van der Waals surface area contributed by atoms with Gasteiger partial charge >= 0.3 is 5.97 Å². The lowest BCUT2D eigenvalue weighted by Gasteiger charge is -2.29. The molecule has 0 spiro atoms. The van der Waals surface area contributed by atoms with Crippen molar-refractivity contribution in [3.8, 4) is 0 Å². The summed E-state index contributed by atoms with van der Waals surface area (Å²) < 4.78 is 4.60. The molecule has 0 aromatic rings. The average molecular weight is 271 g/mol. The maximum atomic E-state index is 12.4. The SMILES string of the molecule is COC(=O)CCN(CCCO)C(=O)C1CCCCC1. The molecule has 0 bridgehead atoms. The Bertz CT molecular complexity index is 287. The van der Waals surface area contributed by atoms with Gasteiger partial charge in [0, 0.05) is 25.6 Å². The van der Waals surface area contributed by atoms with Gasteiger partial charge in [-0.3, -0.25) is 9.59 Å². The monoisotopic (exact) mass is 271 g/mol. The highest BCUT2D eigenvalue weighted by Gasteiger charge is 2.25. The quantitative estimate of drug-likeness (QED) is 0.710. The minimum atomic E-state index is -0.301. The van der Waals surface area contributed by atoms with Crippen LogP contribution in [0.3, 0.4) is 0 Å². The highest BCUT2D eigenvalue weighted by atomic mass is 16.5. The molecule has 1 N–H and O–H groups in total. The Morgan fingerprint density at radius 2 is 1.89 bits per heavy atom. The molecule has 0 aromatic heterocycles. The van der Waals surface area contributed by atoms with E-state index >= 15 is 0 Å². The van der Waals surface area contributed by atoms with Gasteiger partial charge in [-0.1, -0.05) is 19.3 Å². The van der Waals surface area contributed by atoms with E-state index in [2.05, 4.69) is 4.74 Å². The molecule has 1 amide bonds. The summed E-state index contributed by atoms with van der Waals surface area (Å²) in [6, 6.07) is 0. The second kappa shape index (κ2) is 8.91. The van der Waals surface area contributed by atoms with Gasteiger partial charge in [0.15, 0.2) is 0 Å². The van der Waals surface area contributed by atoms with E-state index in [-0.39, 0.29) is 30.8 Å². The van der Waals surface area contributed by atoms with E-state index in [1.165, 1.54) is 13.5 Å². The molecule has 5 nitrogen and oxygen atoms in total. The fourth-order valence-corrected chi connectivity index (χ4v) is 2.53. The molecule has 0 aliphatic heterocycles. The number of carbonyl (C=O) groups is 2. The normalized spacial score (nSPS) is 16.1. The van der Waals surface area contributed by atoms with Crippen LogP contribution < -0.4 is 0 Å². The summed E-state index contributed by atoms with van der Waals surface area (Å²) in [5.41, 5.74) is 0. The molecular weight excluding hydrogens is 246 g/mol. The third-order valence-electron chi connectivity index (χ3n) is 3.67. The van der Waals surface area contributed by atoms with E-state index in [0.717, 1.165) is 25.7 Å². The predicted molar refractivity (Wildman–Crippen MR) is 71.5 cm³/mol. The third-order valence-corrected chi connectivity index (χ3v) is 3.67. The Balaban J connectivity index is 2.50. The van der Waals surface area contributed by atoms with Gasteiger partial charge in [-0.05, 0) is 19.3 Å². The summed E-state index contributed by atoms with van der Waals surface area (Å²) in [5, 5.41) is 8.90. The van der Waals surface area contributed by atoms with E-state index in [1.54, 1.807) is 4.90 Å². The second-order valence-corrected chi connectivity index (χ2v) is 5.06. The standard InChI is InChI=1S/C14H25NO4/c1-19-13(17)8-10-15(9-5-11-16)14(18)12-6-3-2-4-7-12/h12,16H,2-11H2,1H3. The first-order valence-electron chi connectivity index (χ1n) is 7.15. The molecule has 110 valence electrons. The lowest BCUT2D eigenvalue weighted by Crippen LogP contribution is -2.39. The minimum absolute atomic E-state index is 0.0622. The number of hydrogen-bond donors (Lipinski definition) is 1. The first kappa shape index (κ1) is 16.0. The number of aliphatic hydroxyl groups excluding tert-OH is 1. The summed E-state index contributed by atoms with van der Waals surface area (Å²) in [5.74, 6) is -0.0624. The number of nitrogens with zero attached hydrogens (tertiary/aromatic N) is 1. The van der Waals surface area contributed by atoms with Crippen LogP contribution in [0, 0.1) is 5.92 Å². The number of methoxy groups -OCH3 is 1. The maximum absolute atomic E-state index is 12.4. The summed E-state index contributed by atoms with van der Waals surface area (Å²) in [6.45, 7) is 0.970. The van der Waals surface area contributed by atoms with Crippen LogP contribution in [0.25, 0.3) is 0 Å². The lowest BCUT2D eigenvalue weighted by atomic mass is 9.88. The molecule has 1 aliphatic rings. The van der Waals surface area contributed by atoms with Gasteiger partial charge in [0.25, 0.3) is 0 Å². The molecule has 0 unspecified atom stereocenters. The molecule has 19 heavy (non-hydrogen) atoms. The molecule has 0 heterocycles. The fourth-order valence-electron chi connectivity index (χ4n) is 2.53. The highest BCUT2D eigenvalue weighted by Crippen LogP contribution is 2.25. The average Bonchev–Trinajstić information content (AvgIpc) is 2.47. The van der Waals surface area contributed by atoms with E-state index in [1.807, 2.05) is 0 Å². The number of esters is 1. The number of rotatable bonds is 7. The topological polar surface area (TPSA) is 66.8 Å². The Morgan fingerprint density at radius 3 is 2.47 bits per heavy atom. The number of amides is 1. The van der Waals surface area contributed by atoms with Gasteiger partial charge in [-0.2, -0.15) is 0 Å². The zero-order valence-electron chi connectivity index (χ0n) is 11.8. The van der Waals surface area contributed by atoms with Gasteiger partial charge in [0.05, 0.1) is 13.5 Å². The number of aliphatic hydroxyl groups is 1. The van der Waals surface area contributed by atoms with E-state index in [9.17, 15) is 9.59 Å². The number of ether oxygens (including phenoxy) is 1. The van der Waals surface area contributed by atoms with Gasteiger partial charge in [0.2, 0.25) is 5.91 Å². The molecule has 1 saturated carbocycles. The van der Waals surface area contributed by atoms with E-state index in [4.69, 9.17) is 5.11 Å². The zero-order chi connectivity index (χ0) is 14.1. The zero-order valence-corrected chi connectivity index (χ0v) is 11.8. The number of carbonyl (C=O) groups excluding carboxylic acids is 2. The predicted octanol–water partition coefficient (Wildman–Crippen LogP) is 1.34. The highest BCUT2D eigenvalue weighted by molar-refractivity contribution is 5.79. The van der Waals surface area contributed by atoms with Crippen molar-refractivity contribution in [3.63, 3.8) is 0 Å². The molecule has 1 fully saturated rings. The van der Waals surface area contributed by atoms with Crippen molar-refractivity contribution in [1.29, 1.82) is 0 Å². The largest absolute Gasteiger partial charge is 0.469 e. The van der Waals surface area contributed by atoms with Gasteiger partial charge in [-0.25, -0.2) is 0 Å². The second-order valence-electron chi connectivity index (χ2n) is 5.06. The van der Waals surface area contributed by atoms with Crippen molar-refractivity contribution in [1.82, 2.24) is 4.90 Å². The van der Waals surface area contributed by atoms with Crippen LogP contribution in [0.15, 0.2) is 0 Å². The number of hydrogen-bond acceptors (Lipinski definition) is 4. The van der Waals surface area contributed by atoms with Crippen molar-refractivity contribution in [2.75, 3.05) is 26.8 Å². The molecule has 0 radical (unpaired) electrons. The molecular formula is C14H25NO4.